The summed E-state index contributed by atoms with van der Waals surface area (Å²) < 4.78 is 0. The normalized spacial score (nSPS) is 21.0. The lowest BCUT2D eigenvalue weighted by Crippen LogP contribution is -2.44. The van der Waals surface area contributed by atoms with Crippen molar-refractivity contribution in [3.63, 3.8) is 0 Å². The molecular formula is C45H52N6O3. The van der Waals surface area contributed by atoms with Crippen molar-refractivity contribution in [1.82, 2.24) is 4.90 Å². The number of benzene rings is 4. The topological polar surface area (TPSA) is 97.0 Å². The molecule has 0 bridgehead atoms. The van der Waals surface area contributed by atoms with Crippen LogP contribution < -0.4 is 25.8 Å². The third-order valence-electron chi connectivity index (χ3n) is 11.1. The molecule has 0 unspecified atom stereocenters. The van der Waals surface area contributed by atoms with Crippen molar-refractivity contribution < 1.29 is 14.4 Å². The number of nitrogens with one attached hydrogen (secondary N) is 3. The first-order valence-electron chi connectivity index (χ1n) is 19.5. The summed E-state index contributed by atoms with van der Waals surface area (Å²) in [5.74, 6) is 0.277. The van der Waals surface area contributed by atoms with Gasteiger partial charge < -0.3 is 25.8 Å². The number of rotatable bonds is 10. The second-order valence-electron chi connectivity index (χ2n) is 14.8. The van der Waals surface area contributed by atoms with E-state index in [1.165, 1.54) is 11.1 Å². The summed E-state index contributed by atoms with van der Waals surface area (Å²) in [4.78, 5) is 44.5. The number of para-hydroxylation sites is 2. The van der Waals surface area contributed by atoms with Gasteiger partial charge in [-0.1, -0.05) is 68.5 Å². The maximum absolute atomic E-state index is 13.0. The van der Waals surface area contributed by atoms with Crippen LogP contribution in [0.5, 0.6) is 0 Å². The van der Waals surface area contributed by atoms with Gasteiger partial charge in [0.25, 0.3) is 0 Å². The molecule has 0 aliphatic carbocycles. The Labute approximate surface area is 319 Å². The lowest BCUT2D eigenvalue weighted by Gasteiger charge is -2.40. The molecule has 4 atom stereocenters. The quantitative estimate of drug-likeness (QED) is 0.151. The average Bonchev–Trinajstić information content (AvgIpc) is 3.19. The molecule has 0 saturated heterocycles. The number of carbonyl (C=O) groups excluding carboxylic acids is 3. The van der Waals surface area contributed by atoms with Gasteiger partial charge in [0.05, 0.1) is 18.6 Å². The van der Waals surface area contributed by atoms with Crippen molar-refractivity contribution >= 4 is 51.7 Å². The molecule has 54 heavy (non-hydrogen) atoms. The number of nitrogens with zero attached hydrogens (tertiary/aromatic N) is 3. The van der Waals surface area contributed by atoms with E-state index in [1.807, 2.05) is 78.2 Å². The first-order chi connectivity index (χ1) is 26.2. The summed E-state index contributed by atoms with van der Waals surface area (Å²) in [6, 6.07) is 33.3. The predicted molar refractivity (Wildman–Crippen MR) is 220 cm³/mol. The molecule has 9 heteroatoms. The molecule has 0 fully saturated rings. The minimum Gasteiger partial charge on any atom is -0.378 e. The zero-order valence-corrected chi connectivity index (χ0v) is 31.8. The lowest BCUT2D eigenvalue weighted by molar-refractivity contribution is -0.119. The monoisotopic (exact) mass is 724 g/mol. The summed E-state index contributed by atoms with van der Waals surface area (Å²) in [6.45, 7) is 9.93. The van der Waals surface area contributed by atoms with Crippen LogP contribution in [0.3, 0.4) is 0 Å². The summed E-state index contributed by atoms with van der Waals surface area (Å²) in [5.41, 5.74) is 9.56. The Hall–Kier alpha value is -5.41. The molecule has 7 rings (SSSR count). The number of carbonyl (C=O) groups is 3. The van der Waals surface area contributed by atoms with E-state index in [0.29, 0.717) is 19.4 Å². The lowest BCUT2D eigenvalue weighted by atomic mass is 9.91. The third-order valence-corrected chi connectivity index (χ3v) is 11.1. The van der Waals surface area contributed by atoms with Crippen LogP contribution in [0.25, 0.3) is 5.57 Å². The maximum atomic E-state index is 13.0. The Morgan fingerprint density at radius 2 is 1.13 bits per heavy atom. The molecule has 3 N–H and O–H groups in total. The van der Waals surface area contributed by atoms with Crippen LogP contribution in [0.2, 0.25) is 0 Å². The van der Waals surface area contributed by atoms with Crippen LogP contribution in [0.4, 0.5) is 28.4 Å². The summed E-state index contributed by atoms with van der Waals surface area (Å²) >= 11 is 0. The molecule has 0 spiro atoms. The van der Waals surface area contributed by atoms with Gasteiger partial charge in [-0.2, -0.15) is 0 Å². The predicted octanol–water partition coefficient (Wildman–Crippen LogP) is 8.79. The van der Waals surface area contributed by atoms with E-state index in [4.69, 9.17) is 0 Å². The molecule has 4 aromatic rings. The van der Waals surface area contributed by atoms with E-state index in [2.05, 4.69) is 83.2 Å². The molecule has 9 nitrogen and oxygen atoms in total. The number of hydrogen-bond donors (Lipinski definition) is 3. The fourth-order valence-corrected chi connectivity index (χ4v) is 8.35. The molecular weight excluding hydrogens is 673 g/mol. The second-order valence-corrected chi connectivity index (χ2v) is 14.8. The smallest absolute Gasteiger partial charge is 0.238 e. The van der Waals surface area contributed by atoms with Crippen molar-refractivity contribution in [2.75, 3.05) is 45.4 Å². The van der Waals surface area contributed by atoms with Gasteiger partial charge in [-0.15, -0.1) is 0 Å². The van der Waals surface area contributed by atoms with E-state index >= 15 is 0 Å². The molecule has 0 aromatic heterocycles. The van der Waals surface area contributed by atoms with Crippen LogP contribution in [-0.2, 0) is 14.4 Å². The third kappa shape index (κ3) is 7.92. The summed E-state index contributed by atoms with van der Waals surface area (Å²) in [6.07, 6.45) is 5.75. The largest absolute Gasteiger partial charge is 0.378 e. The van der Waals surface area contributed by atoms with Gasteiger partial charge in [-0.25, -0.2) is 0 Å². The van der Waals surface area contributed by atoms with Crippen LogP contribution >= 0.6 is 0 Å². The van der Waals surface area contributed by atoms with Crippen molar-refractivity contribution in [3.8, 4) is 0 Å². The molecule has 3 amide bonds. The van der Waals surface area contributed by atoms with Gasteiger partial charge >= 0.3 is 0 Å². The molecule has 3 heterocycles. The van der Waals surface area contributed by atoms with Gasteiger partial charge in [-0.3, -0.25) is 19.3 Å². The highest BCUT2D eigenvalue weighted by atomic mass is 16.2. The molecule has 3 aliphatic heterocycles. The highest BCUT2D eigenvalue weighted by molar-refractivity contribution is 5.96. The number of amides is 3. The van der Waals surface area contributed by atoms with Crippen LogP contribution in [0.1, 0.15) is 88.6 Å². The Bertz CT molecular complexity index is 2010. The molecule has 3 aliphatic rings. The highest BCUT2D eigenvalue weighted by Crippen LogP contribution is 2.41. The minimum absolute atomic E-state index is 0.0283. The average molecular weight is 725 g/mol. The van der Waals surface area contributed by atoms with Crippen LogP contribution in [-0.4, -0.2) is 54.3 Å². The van der Waals surface area contributed by atoms with Gasteiger partial charge in [0.1, 0.15) is 0 Å². The van der Waals surface area contributed by atoms with E-state index in [0.717, 1.165) is 71.9 Å². The van der Waals surface area contributed by atoms with Gasteiger partial charge in [0.15, 0.2) is 0 Å². The SMILES string of the molecule is CCC(=O)N1c2ccccc2[C@H](Nc2ccc(NC(=O)CN3CC=C(c4ccc(N[C@@H]5C[C@H](C)N(C(=O)CC)c6ccccc65)cc4)CC3)cc2)C[C@@H]1C. The second kappa shape index (κ2) is 16.3. The van der Waals surface area contributed by atoms with Crippen LogP contribution in [0, 0.1) is 0 Å². The standard InChI is InChI=1S/C45H52N6O3/c1-5-44(53)50-30(3)27-39(37-11-7-9-13-41(37)50)46-34-17-15-32(16-18-34)33-23-25-49(26-24-33)29-43(52)48-36-21-19-35(20-22-36)47-40-28-31(4)51(45(54)6-2)42-14-10-8-12-38(40)42/h7-23,30-31,39-40,46-47H,5-6,24-29H2,1-4H3,(H,48,52)/t30-,31-,39+,40+/m0/s1. The zero-order chi connectivity index (χ0) is 37.8. The van der Waals surface area contributed by atoms with E-state index in [9.17, 15) is 14.4 Å². The fourth-order valence-electron chi connectivity index (χ4n) is 8.35. The van der Waals surface area contributed by atoms with Crippen molar-refractivity contribution in [1.29, 1.82) is 0 Å². The fraction of sp³-hybridized carbons (Fsp3) is 0.356. The van der Waals surface area contributed by atoms with Crippen molar-refractivity contribution in [3.05, 3.63) is 120 Å². The Kier molecular flexibility index (Phi) is 11.2. The van der Waals surface area contributed by atoms with Gasteiger partial charge in [0, 0.05) is 66.5 Å². The van der Waals surface area contributed by atoms with Gasteiger partial charge in [-0.05, 0) is 104 Å². The Balaban J connectivity index is 0.903. The Morgan fingerprint density at radius 3 is 1.61 bits per heavy atom. The van der Waals surface area contributed by atoms with Crippen molar-refractivity contribution in [2.24, 2.45) is 0 Å². The van der Waals surface area contributed by atoms with Crippen LogP contribution in [0.15, 0.2) is 103 Å². The van der Waals surface area contributed by atoms with E-state index in [-0.39, 0.29) is 41.9 Å². The molecule has 280 valence electrons. The van der Waals surface area contributed by atoms with Crippen molar-refractivity contribution in [2.45, 2.75) is 84.0 Å². The summed E-state index contributed by atoms with van der Waals surface area (Å²) in [7, 11) is 0. The number of fused-ring (bicyclic) bond motifs is 2. The first-order valence-corrected chi connectivity index (χ1v) is 19.5. The minimum atomic E-state index is -0.0283. The first kappa shape index (κ1) is 36.9. The Morgan fingerprint density at radius 1 is 0.648 bits per heavy atom. The van der Waals surface area contributed by atoms with E-state index < -0.39 is 0 Å². The summed E-state index contributed by atoms with van der Waals surface area (Å²) in [5, 5.41) is 10.5. The van der Waals surface area contributed by atoms with E-state index in [1.54, 1.807) is 0 Å². The molecule has 0 saturated carbocycles. The molecule has 0 radical (unpaired) electrons. The number of anilines is 5. The molecule has 4 aromatic carbocycles. The zero-order valence-electron chi connectivity index (χ0n) is 31.8. The highest BCUT2D eigenvalue weighted by Gasteiger charge is 2.34. The number of hydrogen-bond acceptors (Lipinski definition) is 6. The maximum Gasteiger partial charge on any atom is 0.238 e. The van der Waals surface area contributed by atoms with Gasteiger partial charge in [0.2, 0.25) is 17.7 Å².